The van der Waals surface area contributed by atoms with Crippen molar-refractivity contribution in [3.63, 3.8) is 0 Å². The van der Waals surface area contributed by atoms with Crippen LogP contribution in [0, 0.1) is 6.92 Å². The van der Waals surface area contributed by atoms with Crippen molar-refractivity contribution in [2.75, 3.05) is 51.8 Å². The minimum absolute atomic E-state index is 0.604. The predicted molar refractivity (Wildman–Crippen MR) is 114 cm³/mol. The van der Waals surface area contributed by atoms with Gasteiger partial charge in [0.05, 0.1) is 25.2 Å². The maximum absolute atomic E-state index is 5.68. The van der Waals surface area contributed by atoms with E-state index in [4.69, 9.17) is 19.1 Å². The van der Waals surface area contributed by atoms with Crippen LogP contribution in [-0.4, -0.2) is 66.2 Å². The summed E-state index contributed by atoms with van der Waals surface area (Å²) in [6.07, 6.45) is 0. The first kappa shape index (κ1) is 19.8. The zero-order valence-electron chi connectivity index (χ0n) is 17.2. The molecule has 1 aliphatic rings. The van der Waals surface area contributed by atoms with Crippen molar-refractivity contribution >= 4 is 16.7 Å². The van der Waals surface area contributed by atoms with Crippen molar-refractivity contribution in [3.8, 4) is 0 Å². The van der Waals surface area contributed by atoms with E-state index in [9.17, 15) is 0 Å². The van der Waals surface area contributed by atoms with Crippen LogP contribution < -0.4 is 5.32 Å². The normalized spacial score (nSPS) is 15.8. The molecule has 1 fully saturated rings. The molecular formula is C22H29N5O2. The van der Waals surface area contributed by atoms with Gasteiger partial charge < -0.3 is 14.5 Å². The monoisotopic (exact) mass is 395 g/mol. The zero-order valence-corrected chi connectivity index (χ0v) is 17.2. The fourth-order valence-electron chi connectivity index (χ4n) is 3.67. The summed E-state index contributed by atoms with van der Waals surface area (Å²) in [6.45, 7) is 9.26. The van der Waals surface area contributed by atoms with Gasteiger partial charge in [-0.2, -0.15) is 0 Å². The topological polar surface area (TPSA) is 66.7 Å². The highest BCUT2D eigenvalue weighted by atomic mass is 16.5. The van der Waals surface area contributed by atoms with Gasteiger partial charge in [0.25, 0.3) is 0 Å². The van der Waals surface area contributed by atoms with Gasteiger partial charge in [0, 0.05) is 45.2 Å². The summed E-state index contributed by atoms with van der Waals surface area (Å²) < 4.78 is 10.9. The molecule has 0 amide bonds. The van der Waals surface area contributed by atoms with E-state index in [2.05, 4.69) is 21.2 Å². The van der Waals surface area contributed by atoms with Crippen LogP contribution in [-0.2, 0) is 17.8 Å². The third kappa shape index (κ3) is 5.12. The minimum atomic E-state index is 0.604. The number of hydrogen-bond acceptors (Lipinski definition) is 7. The van der Waals surface area contributed by atoms with Crippen LogP contribution in [0.4, 0.5) is 5.82 Å². The molecule has 29 heavy (non-hydrogen) atoms. The van der Waals surface area contributed by atoms with Crippen molar-refractivity contribution in [1.82, 2.24) is 19.8 Å². The third-order valence-corrected chi connectivity index (χ3v) is 5.32. The SMILES string of the molecule is COCCN1CCN(Cc2nc(NCc3ccc(C)o3)c3ccccc3n2)CC1. The first-order valence-corrected chi connectivity index (χ1v) is 10.2. The average molecular weight is 396 g/mol. The molecule has 0 spiro atoms. The Hall–Kier alpha value is -2.48. The zero-order chi connectivity index (χ0) is 20.1. The van der Waals surface area contributed by atoms with Crippen LogP contribution in [0.2, 0.25) is 0 Å². The summed E-state index contributed by atoms with van der Waals surface area (Å²) in [4.78, 5) is 14.5. The van der Waals surface area contributed by atoms with Crippen molar-refractivity contribution in [1.29, 1.82) is 0 Å². The number of fused-ring (bicyclic) bond motifs is 1. The number of nitrogens with one attached hydrogen (secondary N) is 1. The second-order valence-electron chi connectivity index (χ2n) is 7.48. The van der Waals surface area contributed by atoms with Crippen LogP contribution in [0.3, 0.4) is 0 Å². The quantitative estimate of drug-likeness (QED) is 0.629. The molecule has 0 atom stereocenters. The molecule has 0 bridgehead atoms. The first-order valence-electron chi connectivity index (χ1n) is 10.2. The van der Waals surface area contributed by atoms with E-state index in [-0.39, 0.29) is 0 Å². The Bertz CT molecular complexity index is 934. The molecule has 3 aromatic rings. The number of furan rings is 1. The number of piperazine rings is 1. The number of methoxy groups -OCH3 is 1. The Morgan fingerprint density at radius 2 is 1.83 bits per heavy atom. The molecule has 0 radical (unpaired) electrons. The highest BCUT2D eigenvalue weighted by Gasteiger charge is 2.18. The summed E-state index contributed by atoms with van der Waals surface area (Å²) in [7, 11) is 1.76. The van der Waals surface area contributed by atoms with Crippen molar-refractivity contribution < 1.29 is 9.15 Å². The van der Waals surface area contributed by atoms with Gasteiger partial charge in [-0.25, -0.2) is 9.97 Å². The van der Waals surface area contributed by atoms with Gasteiger partial charge >= 0.3 is 0 Å². The molecule has 1 N–H and O–H groups in total. The molecular weight excluding hydrogens is 366 g/mol. The highest BCUT2D eigenvalue weighted by molar-refractivity contribution is 5.88. The van der Waals surface area contributed by atoms with Gasteiger partial charge in [0.1, 0.15) is 23.2 Å². The number of ether oxygens (including phenoxy) is 1. The standard InChI is InChI=1S/C22H29N5O2/c1-17-7-8-18(29-17)15-23-22-19-5-3-4-6-20(19)24-21(25-22)16-27-11-9-26(10-12-27)13-14-28-2/h3-8H,9-16H2,1-2H3,(H,23,24,25). The Balaban J connectivity index is 1.45. The molecule has 0 saturated carbocycles. The molecule has 154 valence electrons. The van der Waals surface area contributed by atoms with Crippen LogP contribution >= 0.6 is 0 Å². The van der Waals surface area contributed by atoms with Gasteiger partial charge in [-0.15, -0.1) is 0 Å². The number of rotatable bonds is 8. The molecule has 2 aromatic heterocycles. The summed E-state index contributed by atoms with van der Waals surface area (Å²) in [5.74, 6) is 3.53. The molecule has 1 saturated heterocycles. The molecule has 1 aliphatic heterocycles. The van der Waals surface area contributed by atoms with Crippen molar-refractivity contribution in [2.24, 2.45) is 0 Å². The smallest absolute Gasteiger partial charge is 0.145 e. The number of hydrogen-bond donors (Lipinski definition) is 1. The van der Waals surface area contributed by atoms with Gasteiger partial charge in [0.2, 0.25) is 0 Å². The lowest BCUT2D eigenvalue weighted by atomic mass is 10.2. The Kier molecular flexibility index (Phi) is 6.39. The number of anilines is 1. The minimum Gasteiger partial charge on any atom is -0.465 e. The summed E-state index contributed by atoms with van der Waals surface area (Å²) >= 11 is 0. The second kappa shape index (κ2) is 9.35. The fourth-order valence-corrected chi connectivity index (χ4v) is 3.67. The van der Waals surface area contributed by atoms with Gasteiger partial charge in [-0.1, -0.05) is 12.1 Å². The van der Waals surface area contributed by atoms with E-state index < -0.39 is 0 Å². The summed E-state index contributed by atoms with van der Waals surface area (Å²) in [6, 6.07) is 12.1. The summed E-state index contributed by atoms with van der Waals surface area (Å²) in [5.41, 5.74) is 0.967. The lowest BCUT2D eigenvalue weighted by Gasteiger charge is -2.34. The largest absolute Gasteiger partial charge is 0.465 e. The molecule has 3 heterocycles. The molecule has 4 rings (SSSR count). The van der Waals surface area contributed by atoms with E-state index in [0.29, 0.717) is 6.54 Å². The number of nitrogens with zero attached hydrogens (tertiary/aromatic N) is 4. The number of aryl methyl sites for hydroxylation is 1. The van der Waals surface area contributed by atoms with Crippen LogP contribution in [0.25, 0.3) is 10.9 Å². The Morgan fingerprint density at radius 3 is 2.59 bits per heavy atom. The lowest BCUT2D eigenvalue weighted by molar-refractivity contribution is 0.0926. The molecule has 7 nitrogen and oxygen atoms in total. The average Bonchev–Trinajstić information content (AvgIpc) is 3.16. The number of aromatic nitrogens is 2. The van der Waals surface area contributed by atoms with E-state index in [1.165, 1.54) is 0 Å². The Morgan fingerprint density at radius 1 is 1.03 bits per heavy atom. The Labute approximate surface area is 171 Å². The third-order valence-electron chi connectivity index (χ3n) is 5.32. The lowest BCUT2D eigenvalue weighted by Crippen LogP contribution is -2.46. The fraction of sp³-hybridized carbons (Fsp3) is 0.455. The van der Waals surface area contributed by atoms with Gasteiger partial charge in [0.15, 0.2) is 0 Å². The highest BCUT2D eigenvalue weighted by Crippen LogP contribution is 2.22. The van der Waals surface area contributed by atoms with Crippen molar-refractivity contribution in [3.05, 3.63) is 53.7 Å². The van der Waals surface area contributed by atoms with Crippen molar-refractivity contribution in [2.45, 2.75) is 20.0 Å². The maximum Gasteiger partial charge on any atom is 0.145 e. The molecule has 7 heteroatoms. The first-order chi connectivity index (χ1) is 14.2. The van der Waals surface area contributed by atoms with Crippen LogP contribution in [0.1, 0.15) is 17.3 Å². The van der Waals surface area contributed by atoms with E-state index in [1.807, 2.05) is 37.3 Å². The second-order valence-corrected chi connectivity index (χ2v) is 7.48. The summed E-state index contributed by atoms with van der Waals surface area (Å²) in [5, 5.41) is 4.47. The van der Waals surface area contributed by atoms with Crippen LogP contribution in [0.5, 0.6) is 0 Å². The van der Waals surface area contributed by atoms with E-state index in [0.717, 1.165) is 79.9 Å². The number of benzene rings is 1. The van der Waals surface area contributed by atoms with Crippen LogP contribution in [0.15, 0.2) is 40.8 Å². The van der Waals surface area contributed by atoms with E-state index in [1.54, 1.807) is 7.11 Å². The van der Waals surface area contributed by atoms with E-state index >= 15 is 0 Å². The van der Waals surface area contributed by atoms with Gasteiger partial charge in [-0.3, -0.25) is 9.80 Å². The maximum atomic E-state index is 5.68. The molecule has 0 unspecified atom stereocenters. The number of para-hydroxylation sites is 1. The molecule has 1 aromatic carbocycles. The van der Waals surface area contributed by atoms with Gasteiger partial charge in [-0.05, 0) is 31.2 Å². The molecule has 0 aliphatic carbocycles. The predicted octanol–water partition coefficient (Wildman–Crippen LogP) is 2.91.